The minimum atomic E-state index is -0.897. The number of hydrogen-bond acceptors (Lipinski definition) is 2. The standard InChI is InChI=1S/C16H21FN2O2/c1-4-16(5-2)15(21)18-11(3)14(20)19(16)10-12-8-6-7-9-13(12)17/h6-9,11H,4-5,10H2,1-3H3,(H,18,21). The maximum absolute atomic E-state index is 13.9. The zero-order valence-corrected chi connectivity index (χ0v) is 12.6. The zero-order chi connectivity index (χ0) is 15.6. The van der Waals surface area contributed by atoms with Crippen LogP contribution in [0.15, 0.2) is 24.3 Å². The highest BCUT2D eigenvalue weighted by Gasteiger charge is 2.49. The Morgan fingerprint density at radius 1 is 1.24 bits per heavy atom. The number of rotatable bonds is 4. The van der Waals surface area contributed by atoms with E-state index in [0.717, 1.165) is 0 Å². The normalized spacial score (nSPS) is 21.3. The number of carbonyl (C=O) groups excluding carboxylic acids is 2. The molecule has 1 heterocycles. The molecular formula is C16H21FN2O2. The Hall–Kier alpha value is -1.91. The topological polar surface area (TPSA) is 49.4 Å². The fourth-order valence-electron chi connectivity index (χ4n) is 2.94. The van der Waals surface area contributed by atoms with Gasteiger partial charge in [0.05, 0.1) is 0 Å². The second kappa shape index (κ2) is 5.84. The van der Waals surface area contributed by atoms with Gasteiger partial charge in [-0.3, -0.25) is 9.59 Å². The van der Waals surface area contributed by atoms with Crippen molar-refractivity contribution in [1.82, 2.24) is 10.2 Å². The molecular weight excluding hydrogens is 271 g/mol. The third kappa shape index (κ3) is 2.52. The largest absolute Gasteiger partial charge is 0.343 e. The van der Waals surface area contributed by atoms with Gasteiger partial charge in [-0.25, -0.2) is 4.39 Å². The molecule has 1 aliphatic rings. The highest BCUT2D eigenvalue weighted by molar-refractivity contribution is 5.99. The summed E-state index contributed by atoms with van der Waals surface area (Å²) in [5.74, 6) is -0.678. The lowest BCUT2D eigenvalue weighted by atomic mass is 9.85. The van der Waals surface area contributed by atoms with E-state index in [1.54, 1.807) is 25.1 Å². The van der Waals surface area contributed by atoms with E-state index in [1.807, 2.05) is 13.8 Å². The van der Waals surface area contributed by atoms with Gasteiger partial charge in [0, 0.05) is 12.1 Å². The van der Waals surface area contributed by atoms with Gasteiger partial charge in [0.15, 0.2) is 0 Å². The van der Waals surface area contributed by atoms with Crippen LogP contribution in [-0.2, 0) is 16.1 Å². The van der Waals surface area contributed by atoms with Crippen LogP contribution < -0.4 is 5.32 Å². The predicted octanol–water partition coefficient (Wildman–Crippen LogP) is 2.23. The summed E-state index contributed by atoms with van der Waals surface area (Å²) in [6.45, 7) is 5.52. The van der Waals surface area contributed by atoms with Crippen LogP contribution in [0, 0.1) is 5.82 Å². The Labute approximate surface area is 124 Å². The van der Waals surface area contributed by atoms with Crippen LogP contribution in [0.1, 0.15) is 39.2 Å². The number of nitrogens with zero attached hydrogens (tertiary/aromatic N) is 1. The molecule has 5 heteroatoms. The van der Waals surface area contributed by atoms with E-state index in [-0.39, 0.29) is 24.2 Å². The van der Waals surface area contributed by atoms with E-state index < -0.39 is 11.6 Å². The Bertz CT molecular complexity index is 555. The van der Waals surface area contributed by atoms with Gasteiger partial charge in [-0.1, -0.05) is 32.0 Å². The Balaban J connectivity index is 2.42. The maximum Gasteiger partial charge on any atom is 0.246 e. The molecule has 4 nitrogen and oxygen atoms in total. The molecule has 21 heavy (non-hydrogen) atoms. The molecule has 1 aromatic carbocycles. The number of amides is 2. The first-order valence-corrected chi connectivity index (χ1v) is 7.32. The van der Waals surface area contributed by atoms with Gasteiger partial charge in [-0.05, 0) is 25.8 Å². The molecule has 2 amide bonds. The van der Waals surface area contributed by atoms with Crippen LogP contribution >= 0.6 is 0 Å². The van der Waals surface area contributed by atoms with Crippen LogP contribution in [0.2, 0.25) is 0 Å². The van der Waals surface area contributed by atoms with E-state index in [2.05, 4.69) is 5.32 Å². The minimum Gasteiger partial charge on any atom is -0.343 e. The van der Waals surface area contributed by atoms with E-state index in [1.165, 1.54) is 11.0 Å². The molecule has 1 aliphatic heterocycles. The van der Waals surface area contributed by atoms with Gasteiger partial charge in [0.25, 0.3) is 0 Å². The average molecular weight is 292 g/mol. The van der Waals surface area contributed by atoms with Crippen molar-refractivity contribution in [2.24, 2.45) is 0 Å². The van der Waals surface area contributed by atoms with Crippen molar-refractivity contribution in [2.45, 2.75) is 51.7 Å². The summed E-state index contributed by atoms with van der Waals surface area (Å²) in [6.07, 6.45) is 1.00. The molecule has 1 N–H and O–H groups in total. The van der Waals surface area contributed by atoms with Crippen LogP contribution in [0.4, 0.5) is 4.39 Å². The summed E-state index contributed by atoms with van der Waals surface area (Å²) in [4.78, 5) is 26.5. The molecule has 1 saturated heterocycles. The molecule has 0 aromatic heterocycles. The fraction of sp³-hybridized carbons (Fsp3) is 0.500. The van der Waals surface area contributed by atoms with Crippen molar-refractivity contribution < 1.29 is 14.0 Å². The van der Waals surface area contributed by atoms with Gasteiger partial charge < -0.3 is 10.2 Å². The maximum atomic E-state index is 13.9. The zero-order valence-electron chi connectivity index (χ0n) is 12.6. The van der Waals surface area contributed by atoms with Gasteiger partial charge in [-0.15, -0.1) is 0 Å². The highest BCUT2D eigenvalue weighted by atomic mass is 19.1. The molecule has 114 valence electrons. The lowest BCUT2D eigenvalue weighted by Gasteiger charge is -2.47. The number of carbonyl (C=O) groups is 2. The molecule has 1 aromatic rings. The minimum absolute atomic E-state index is 0.116. The van der Waals surface area contributed by atoms with Gasteiger partial charge in [0.2, 0.25) is 11.8 Å². The van der Waals surface area contributed by atoms with Crippen LogP contribution in [0.25, 0.3) is 0 Å². The molecule has 1 fully saturated rings. The molecule has 0 spiro atoms. The van der Waals surface area contributed by atoms with Gasteiger partial charge in [-0.2, -0.15) is 0 Å². The third-order valence-electron chi connectivity index (χ3n) is 4.38. The molecule has 1 atom stereocenters. The van der Waals surface area contributed by atoms with Crippen LogP contribution in [0.3, 0.4) is 0 Å². The number of nitrogens with one attached hydrogen (secondary N) is 1. The molecule has 2 rings (SSSR count). The van der Waals surface area contributed by atoms with Crippen molar-refractivity contribution in [2.75, 3.05) is 0 Å². The predicted molar refractivity (Wildman–Crippen MR) is 77.9 cm³/mol. The fourth-order valence-corrected chi connectivity index (χ4v) is 2.94. The van der Waals surface area contributed by atoms with Gasteiger partial charge >= 0.3 is 0 Å². The van der Waals surface area contributed by atoms with Crippen molar-refractivity contribution in [3.63, 3.8) is 0 Å². The summed E-state index contributed by atoms with van der Waals surface area (Å²) in [7, 11) is 0. The average Bonchev–Trinajstić information content (AvgIpc) is 2.47. The number of piperazine rings is 1. The lowest BCUT2D eigenvalue weighted by Crippen LogP contribution is -2.69. The van der Waals surface area contributed by atoms with Crippen LogP contribution in [-0.4, -0.2) is 28.3 Å². The second-order valence-electron chi connectivity index (χ2n) is 5.45. The highest BCUT2D eigenvalue weighted by Crippen LogP contribution is 2.30. The quantitative estimate of drug-likeness (QED) is 0.925. The Morgan fingerprint density at radius 2 is 1.86 bits per heavy atom. The molecule has 0 bridgehead atoms. The first kappa shape index (κ1) is 15.5. The number of halogens is 1. The molecule has 1 unspecified atom stereocenters. The summed E-state index contributed by atoms with van der Waals surface area (Å²) in [5.41, 5.74) is -0.467. The third-order valence-corrected chi connectivity index (χ3v) is 4.38. The SMILES string of the molecule is CCC1(CC)C(=O)NC(C)C(=O)N1Cc1ccccc1F. The van der Waals surface area contributed by atoms with E-state index in [9.17, 15) is 14.0 Å². The summed E-state index contributed by atoms with van der Waals surface area (Å²) < 4.78 is 13.9. The van der Waals surface area contributed by atoms with E-state index in [0.29, 0.717) is 18.4 Å². The Kier molecular flexibility index (Phi) is 4.30. The van der Waals surface area contributed by atoms with Crippen molar-refractivity contribution in [3.05, 3.63) is 35.6 Å². The monoisotopic (exact) mass is 292 g/mol. The summed E-state index contributed by atoms with van der Waals surface area (Å²) >= 11 is 0. The summed E-state index contributed by atoms with van der Waals surface area (Å²) in [5, 5.41) is 2.73. The van der Waals surface area contributed by atoms with Crippen molar-refractivity contribution in [3.8, 4) is 0 Å². The summed E-state index contributed by atoms with van der Waals surface area (Å²) in [6, 6.07) is 5.79. The van der Waals surface area contributed by atoms with Gasteiger partial charge in [0.1, 0.15) is 17.4 Å². The lowest BCUT2D eigenvalue weighted by molar-refractivity contribution is -0.158. The van der Waals surface area contributed by atoms with Crippen molar-refractivity contribution >= 4 is 11.8 Å². The molecule has 0 saturated carbocycles. The number of benzene rings is 1. The molecule has 0 radical (unpaired) electrons. The van der Waals surface area contributed by atoms with Crippen molar-refractivity contribution in [1.29, 1.82) is 0 Å². The smallest absolute Gasteiger partial charge is 0.246 e. The molecule has 0 aliphatic carbocycles. The second-order valence-corrected chi connectivity index (χ2v) is 5.45. The van der Waals surface area contributed by atoms with E-state index in [4.69, 9.17) is 0 Å². The Morgan fingerprint density at radius 3 is 2.43 bits per heavy atom. The van der Waals surface area contributed by atoms with Crippen LogP contribution in [0.5, 0.6) is 0 Å². The first-order valence-electron chi connectivity index (χ1n) is 7.32. The van der Waals surface area contributed by atoms with E-state index >= 15 is 0 Å². The number of hydrogen-bond donors (Lipinski definition) is 1. The first-order chi connectivity index (χ1) is 9.96.